The van der Waals surface area contributed by atoms with Crippen LogP contribution in [0, 0.1) is 0 Å². The fourth-order valence-corrected chi connectivity index (χ4v) is 7.88. The Hall–Kier alpha value is -6.33. The van der Waals surface area contributed by atoms with Gasteiger partial charge in [-0.3, -0.25) is 4.57 Å². The molecule has 8 aromatic rings. The van der Waals surface area contributed by atoms with Gasteiger partial charge < -0.3 is 14.5 Å². The van der Waals surface area contributed by atoms with Crippen LogP contribution in [0.3, 0.4) is 0 Å². The van der Waals surface area contributed by atoms with Gasteiger partial charge in [-0.1, -0.05) is 120 Å². The molecule has 0 saturated carbocycles. The molecule has 3 heterocycles. The van der Waals surface area contributed by atoms with Crippen LogP contribution in [-0.4, -0.2) is 16.2 Å². The molecule has 0 fully saturated rings. The summed E-state index contributed by atoms with van der Waals surface area (Å²) in [5.41, 5.74) is 11.6. The molecule has 0 unspecified atom stereocenters. The molecule has 1 aliphatic rings. The van der Waals surface area contributed by atoms with Crippen molar-refractivity contribution < 1.29 is 4.74 Å². The summed E-state index contributed by atoms with van der Waals surface area (Å²) in [6.07, 6.45) is 1.93. The third-order valence-corrected chi connectivity index (χ3v) is 10.8. The van der Waals surface area contributed by atoms with Crippen LogP contribution in [0.2, 0.25) is 0 Å². The van der Waals surface area contributed by atoms with Gasteiger partial charge in [0.25, 0.3) is 0 Å². The quantitative estimate of drug-likeness (QED) is 0.171. The van der Waals surface area contributed by atoms with E-state index in [0.717, 1.165) is 45.2 Å². The van der Waals surface area contributed by atoms with E-state index in [-0.39, 0.29) is 10.8 Å². The van der Waals surface area contributed by atoms with Crippen LogP contribution in [-0.2, 0) is 10.8 Å². The Morgan fingerprint density at radius 2 is 1.16 bits per heavy atom. The van der Waals surface area contributed by atoms with Crippen molar-refractivity contribution in [2.45, 2.75) is 52.4 Å². The van der Waals surface area contributed by atoms with Gasteiger partial charge in [-0.25, -0.2) is 4.98 Å². The highest BCUT2D eigenvalue weighted by molar-refractivity contribution is 6.16. The Morgan fingerprint density at radius 1 is 0.527 bits per heavy atom. The minimum absolute atomic E-state index is 0.0196. The van der Waals surface area contributed by atoms with Crippen LogP contribution in [0.1, 0.15) is 52.7 Å². The van der Waals surface area contributed by atoms with E-state index in [1.807, 2.05) is 12.3 Å². The Balaban J connectivity index is 1.15. The number of para-hydroxylation sites is 3. The minimum atomic E-state index is -0.0196. The van der Waals surface area contributed by atoms with E-state index in [0.29, 0.717) is 6.67 Å². The Bertz CT molecular complexity index is 2700. The highest BCUT2D eigenvalue weighted by Crippen LogP contribution is 2.46. The van der Waals surface area contributed by atoms with Crippen LogP contribution in [0.4, 0.5) is 22.7 Å². The van der Waals surface area contributed by atoms with Gasteiger partial charge in [-0.15, -0.1) is 0 Å². The van der Waals surface area contributed by atoms with Crippen molar-refractivity contribution in [3.8, 4) is 28.4 Å². The van der Waals surface area contributed by atoms with Gasteiger partial charge in [0.15, 0.2) is 0 Å². The van der Waals surface area contributed by atoms with Crippen LogP contribution in [0.5, 0.6) is 11.5 Å². The first kappa shape index (κ1) is 34.4. The van der Waals surface area contributed by atoms with Crippen molar-refractivity contribution in [3.63, 3.8) is 0 Å². The molecule has 0 N–H and O–H groups in total. The van der Waals surface area contributed by atoms with E-state index in [9.17, 15) is 0 Å². The van der Waals surface area contributed by atoms with Gasteiger partial charge >= 0.3 is 0 Å². The topological polar surface area (TPSA) is 33.5 Å². The first-order valence-corrected chi connectivity index (χ1v) is 19.1. The maximum absolute atomic E-state index is 6.89. The number of rotatable bonds is 6. The van der Waals surface area contributed by atoms with Gasteiger partial charge in [0.05, 0.1) is 22.4 Å². The number of aromatic nitrogens is 2. The van der Waals surface area contributed by atoms with Crippen molar-refractivity contribution in [2.75, 3.05) is 16.5 Å². The number of nitrogens with zero attached hydrogens (tertiary/aromatic N) is 4. The summed E-state index contributed by atoms with van der Waals surface area (Å²) in [7, 11) is 0. The largest absolute Gasteiger partial charge is 0.457 e. The van der Waals surface area contributed by atoms with Crippen LogP contribution >= 0.6 is 0 Å². The number of ether oxygens (including phenoxy) is 1. The van der Waals surface area contributed by atoms with Gasteiger partial charge in [0.2, 0.25) is 0 Å². The number of hydrogen-bond donors (Lipinski definition) is 0. The predicted molar refractivity (Wildman–Crippen MR) is 230 cm³/mol. The van der Waals surface area contributed by atoms with Crippen LogP contribution in [0.25, 0.3) is 38.8 Å². The summed E-state index contributed by atoms with van der Waals surface area (Å²) in [5.74, 6) is 2.43. The summed E-state index contributed by atoms with van der Waals surface area (Å²) in [6, 6.07) is 54.0. The summed E-state index contributed by atoms with van der Waals surface area (Å²) in [6.45, 7) is 14.2. The van der Waals surface area contributed by atoms with E-state index >= 15 is 0 Å². The second-order valence-electron chi connectivity index (χ2n) is 16.6. The second kappa shape index (κ2) is 13.2. The minimum Gasteiger partial charge on any atom is -0.457 e. The normalized spacial score (nSPS) is 13.1. The standard InChI is InChI=1S/C50H46N4O/c1-49(2,3)35-18-14-19-37(28-35)52-33-53(45-25-13-12-24-44(45)52)38-20-15-21-39(30-38)55-40-31-42(34-16-8-7-9-17-34)48-41-22-10-11-23-43(41)54(46(48)32-40)47-29-36(26-27-51-47)50(4,5)6/h7-32H,33H2,1-6H3. The lowest BCUT2D eigenvalue weighted by atomic mass is 9.87. The zero-order valence-electron chi connectivity index (χ0n) is 32.4. The van der Waals surface area contributed by atoms with Crippen LogP contribution < -0.4 is 14.5 Å². The molecular weight excluding hydrogens is 673 g/mol. The molecule has 272 valence electrons. The molecule has 55 heavy (non-hydrogen) atoms. The fourth-order valence-electron chi connectivity index (χ4n) is 7.88. The summed E-state index contributed by atoms with van der Waals surface area (Å²) in [4.78, 5) is 9.72. The zero-order chi connectivity index (χ0) is 37.9. The van der Waals surface area contributed by atoms with E-state index in [4.69, 9.17) is 9.72 Å². The molecule has 5 nitrogen and oxygen atoms in total. The van der Waals surface area contributed by atoms with Crippen molar-refractivity contribution in [1.82, 2.24) is 9.55 Å². The van der Waals surface area contributed by atoms with Crippen LogP contribution in [0.15, 0.2) is 158 Å². The Morgan fingerprint density at radius 3 is 1.89 bits per heavy atom. The molecule has 5 heteroatoms. The monoisotopic (exact) mass is 718 g/mol. The molecule has 6 aromatic carbocycles. The molecule has 2 aromatic heterocycles. The molecule has 0 bridgehead atoms. The van der Waals surface area contributed by atoms with Crippen molar-refractivity contribution >= 4 is 44.6 Å². The molecule has 0 saturated heterocycles. The first-order chi connectivity index (χ1) is 26.5. The zero-order valence-corrected chi connectivity index (χ0v) is 32.4. The lowest BCUT2D eigenvalue weighted by Gasteiger charge is -2.25. The molecule has 1 aliphatic heterocycles. The van der Waals surface area contributed by atoms with Gasteiger partial charge in [0.1, 0.15) is 24.0 Å². The molecular formula is C50H46N4O. The van der Waals surface area contributed by atoms with E-state index in [2.05, 4.69) is 202 Å². The maximum Gasteiger partial charge on any atom is 0.137 e. The molecule has 0 atom stereocenters. The van der Waals surface area contributed by atoms with Gasteiger partial charge in [0, 0.05) is 40.5 Å². The smallest absolute Gasteiger partial charge is 0.137 e. The first-order valence-electron chi connectivity index (χ1n) is 19.1. The maximum atomic E-state index is 6.89. The molecule has 0 radical (unpaired) electrons. The average molecular weight is 719 g/mol. The van der Waals surface area contributed by atoms with Gasteiger partial charge in [-0.2, -0.15) is 0 Å². The Labute approximate surface area is 324 Å². The number of benzene rings is 6. The molecule has 0 aliphatic carbocycles. The van der Waals surface area contributed by atoms with Crippen molar-refractivity contribution in [2.24, 2.45) is 0 Å². The number of anilines is 4. The lowest BCUT2D eigenvalue weighted by Crippen LogP contribution is -2.24. The predicted octanol–water partition coefficient (Wildman–Crippen LogP) is 13.5. The Kier molecular flexibility index (Phi) is 8.27. The second-order valence-corrected chi connectivity index (χ2v) is 16.6. The number of hydrogen-bond acceptors (Lipinski definition) is 4. The molecule has 0 spiro atoms. The van der Waals surface area contributed by atoms with Crippen molar-refractivity contribution in [1.29, 1.82) is 0 Å². The highest BCUT2D eigenvalue weighted by atomic mass is 16.5. The van der Waals surface area contributed by atoms with E-state index < -0.39 is 0 Å². The molecule has 9 rings (SSSR count). The number of pyridine rings is 1. The third-order valence-electron chi connectivity index (χ3n) is 10.8. The summed E-state index contributed by atoms with van der Waals surface area (Å²) < 4.78 is 9.18. The number of fused-ring (bicyclic) bond motifs is 4. The van der Waals surface area contributed by atoms with Gasteiger partial charge in [-0.05, 0) is 93.7 Å². The lowest BCUT2D eigenvalue weighted by molar-refractivity contribution is 0.483. The SMILES string of the molecule is CC(C)(C)c1cccc(N2CN(c3cccc(Oc4cc(-c5ccccc5)c5c6ccccc6n(-c6cc(C(C)(C)C)ccn6)c5c4)c3)c3ccccc32)c1. The third kappa shape index (κ3) is 6.30. The van der Waals surface area contributed by atoms with E-state index in [1.165, 1.54) is 39.0 Å². The molecule has 0 amide bonds. The van der Waals surface area contributed by atoms with Crippen molar-refractivity contribution in [3.05, 3.63) is 169 Å². The summed E-state index contributed by atoms with van der Waals surface area (Å²) in [5, 5.41) is 2.35. The highest BCUT2D eigenvalue weighted by Gasteiger charge is 2.29. The fraction of sp³-hybridized carbons (Fsp3) is 0.180. The average Bonchev–Trinajstić information content (AvgIpc) is 3.74. The van der Waals surface area contributed by atoms with E-state index in [1.54, 1.807) is 0 Å². The summed E-state index contributed by atoms with van der Waals surface area (Å²) >= 11 is 0.